The zero-order valence-electron chi connectivity index (χ0n) is 15.7. The van der Waals surface area contributed by atoms with Crippen LogP contribution in [0, 0.1) is 13.8 Å². The Morgan fingerprint density at radius 2 is 1.73 bits per heavy atom. The Morgan fingerprint density at radius 1 is 1.00 bits per heavy atom. The number of allylic oxidation sites excluding steroid dienone is 4. The maximum Gasteiger partial charge on any atom is -1.00 e. The Kier molecular flexibility index (Phi) is 7.04. The third-order valence-corrected chi connectivity index (χ3v) is 10.3. The first kappa shape index (κ1) is 21.5. The molecule has 2 aromatic rings. The van der Waals surface area contributed by atoms with E-state index >= 15 is 0 Å². The van der Waals surface area contributed by atoms with Crippen molar-refractivity contribution in [2.75, 3.05) is 0 Å². The molecule has 0 saturated heterocycles. The molecule has 0 amide bonds. The fourth-order valence-corrected chi connectivity index (χ4v) is 9.17. The summed E-state index contributed by atoms with van der Waals surface area (Å²) in [6.45, 7) is 9.22. The van der Waals surface area contributed by atoms with Crippen molar-refractivity contribution in [1.82, 2.24) is 0 Å². The minimum Gasteiger partial charge on any atom is -1.00 e. The molecule has 1 unspecified atom stereocenters. The van der Waals surface area contributed by atoms with E-state index in [9.17, 15) is 0 Å². The molecule has 2 aromatic carbocycles. The van der Waals surface area contributed by atoms with Crippen LogP contribution in [-0.2, 0) is 22.4 Å². The van der Waals surface area contributed by atoms with Crippen LogP contribution in [0.25, 0.3) is 16.7 Å². The van der Waals surface area contributed by atoms with Crippen LogP contribution in [0.15, 0.2) is 48.6 Å². The summed E-state index contributed by atoms with van der Waals surface area (Å²) in [7, 11) is 0. The molecule has 133 valence electrons. The predicted octanol–water partition coefficient (Wildman–Crippen LogP) is 0.0192. The van der Waals surface area contributed by atoms with Crippen molar-refractivity contribution in [3.63, 3.8) is 0 Å². The first-order chi connectivity index (χ1) is 11.6. The van der Waals surface area contributed by atoms with E-state index in [2.05, 4.69) is 76.3 Å². The van der Waals surface area contributed by atoms with Gasteiger partial charge in [-0.3, -0.25) is 0 Å². The molecular weight excluding hydrogens is 526 g/mol. The van der Waals surface area contributed by atoms with Gasteiger partial charge >= 0.3 is 157 Å². The second-order valence-electron chi connectivity index (χ2n) is 7.21. The van der Waals surface area contributed by atoms with E-state index in [0.717, 1.165) is 6.42 Å². The first-order valence-corrected chi connectivity index (χ1v) is 12.6. The van der Waals surface area contributed by atoms with Gasteiger partial charge in [0.2, 0.25) is 0 Å². The van der Waals surface area contributed by atoms with Crippen molar-refractivity contribution in [3.05, 3.63) is 76.4 Å². The number of benzene rings is 2. The summed E-state index contributed by atoms with van der Waals surface area (Å²) in [5.41, 5.74) is 12.1. The van der Waals surface area contributed by atoms with Gasteiger partial charge in [0.25, 0.3) is 0 Å². The van der Waals surface area contributed by atoms with Crippen LogP contribution in [0.2, 0.25) is 0 Å². The van der Waals surface area contributed by atoms with Crippen LogP contribution < -0.4 is 24.8 Å². The van der Waals surface area contributed by atoms with E-state index in [-0.39, 0.29) is 24.8 Å². The van der Waals surface area contributed by atoms with E-state index < -0.39 is 22.4 Å². The van der Waals surface area contributed by atoms with E-state index in [4.69, 9.17) is 0 Å². The smallest absolute Gasteiger partial charge is 1.00 e. The number of hydrogen-bond acceptors (Lipinski definition) is 0. The molecule has 3 heteroatoms. The van der Waals surface area contributed by atoms with Crippen LogP contribution >= 0.6 is 0 Å². The van der Waals surface area contributed by atoms with Crippen LogP contribution in [0.1, 0.15) is 51.8 Å². The minimum atomic E-state index is -0.884. The molecule has 0 fully saturated rings. The standard InChI is InChI=1S/C20H17.C3H6.2ClH.Hf/c1-13-7-9-17-16(11-13)12-19-18(17)10-8-14(2)20(19)15-5-3-4-6-15;1-3-2;;;/h3-5,7-12H,6H2,1-2H3;1-2H3;2*1H;/q;;;;+2/p-2. The average Bonchev–Trinajstić information content (AvgIpc) is 3.15. The van der Waals surface area contributed by atoms with Gasteiger partial charge in [-0.2, -0.15) is 0 Å². The molecule has 0 heterocycles. The molecule has 0 spiro atoms. The SMILES string of the molecule is C[C](C)=[Hf+2][CH]1c2cc(C)ccc2-c2ccc(C)c(C3=CC=CC3)c21.[Cl-].[Cl-]. The second-order valence-corrected chi connectivity index (χ2v) is 13.9. The van der Waals surface area contributed by atoms with Crippen molar-refractivity contribution >= 4 is 8.83 Å². The van der Waals surface area contributed by atoms with Gasteiger partial charge in [-0.25, -0.2) is 0 Å². The maximum atomic E-state index is 2.45. The summed E-state index contributed by atoms with van der Waals surface area (Å²) < 4.78 is 2.39. The van der Waals surface area contributed by atoms with Gasteiger partial charge in [0, 0.05) is 0 Å². The van der Waals surface area contributed by atoms with Gasteiger partial charge in [-0.15, -0.1) is 0 Å². The second kappa shape index (κ2) is 8.50. The van der Waals surface area contributed by atoms with Gasteiger partial charge in [-0.1, -0.05) is 0 Å². The molecule has 2 aliphatic rings. The van der Waals surface area contributed by atoms with Crippen molar-refractivity contribution in [3.8, 4) is 11.1 Å². The molecule has 1 atom stereocenters. The van der Waals surface area contributed by atoms with E-state index in [0.29, 0.717) is 3.67 Å². The number of rotatable bonds is 2. The Labute approximate surface area is 180 Å². The van der Waals surface area contributed by atoms with E-state index in [1.165, 1.54) is 27.8 Å². The number of hydrogen-bond donors (Lipinski definition) is 0. The van der Waals surface area contributed by atoms with Crippen LogP contribution in [0.5, 0.6) is 0 Å². The number of halogens is 2. The molecule has 0 nitrogen and oxygen atoms in total. The van der Waals surface area contributed by atoms with Crippen LogP contribution in [0.4, 0.5) is 0 Å². The first-order valence-electron chi connectivity index (χ1n) is 8.73. The molecule has 2 aliphatic carbocycles. The van der Waals surface area contributed by atoms with Crippen molar-refractivity contribution in [1.29, 1.82) is 0 Å². The van der Waals surface area contributed by atoms with Crippen molar-refractivity contribution in [2.45, 2.75) is 37.8 Å². The summed E-state index contributed by atoms with van der Waals surface area (Å²) >= 11 is -0.884. The molecule has 0 N–H and O–H groups in total. The molecule has 0 radical (unpaired) electrons. The fourth-order valence-electron chi connectivity index (χ4n) is 4.08. The quantitative estimate of drug-likeness (QED) is 0.465. The third-order valence-electron chi connectivity index (χ3n) is 5.08. The zero-order chi connectivity index (χ0) is 16.8. The largest absolute Gasteiger partial charge is 1.00 e. The van der Waals surface area contributed by atoms with Crippen LogP contribution in [0.3, 0.4) is 0 Å². The molecule has 0 aliphatic heterocycles. The van der Waals surface area contributed by atoms with Gasteiger partial charge in [0.05, 0.1) is 0 Å². The zero-order valence-corrected chi connectivity index (χ0v) is 20.8. The molecule has 4 rings (SSSR count). The average molecular weight is 549 g/mol. The Hall–Kier alpha value is -0.760. The summed E-state index contributed by atoms with van der Waals surface area (Å²) in [6.07, 6.45) is 7.91. The van der Waals surface area contributed by atoms with E-state index in [1.54, 1.807) is 19.9 Å². The maximum absolute atomic E-state index is 2.45. The summed E-state index contributed by atoms with van der Waals surface area (Å²) in [6, 6.07) is 11.8. The Balaban J connectivity index is 0.00000121. The third kappa shape index (κ3) is 3.63. The topological polar surface area (TPSA) is 0 Å². The summed E-state index contributed by atoms with van der Waals surface area (Å²) in [5, 5.41) is 0. The molecular formula is C23H23Cl2Hf. The van der Waals surface area contributed by atoms with Crippen LogP contribution in [-0.4, -0.2) is 3.26 Å². The molecule has 0 saturated carbocycles. The monoisotopic (exact) mass is 549 g/mol. The predicted molar refractivity (Wildman–Crippen MR) is 101 cm³/mol. The van der Waals surface area contributed by atoms with Crippen molar-refractivity contribution < 1.29 is 47.2 Å². The molecule has 0 aromatic heterocycles. The molecule has 26 heavy (non-hydrogen) atoms. The summed E-state index contributed by atoms with van der Waals surface area (Å²) in [4.78, 5) is 0. The van der Waals surface area contributed by atoms with E-state index in [1.807, 2.05) is 0 Å². The van der Waals surface area contributed by atoms with Gasteiger partial charge in [0.1, 0.15) is 0 Å². The summed E-state index contributed by atoms with van der Waals surface area (Å²) in [5.74, 6) is 0. The number of aryl methyl sites for hydroxylation is 2. The van der Waals surface area contributed by atoms with Gasteiger partial charge in [0.15, 0.2) is 0 Å². The normalized spacial score (nSPS) is 16.0. The van der Waals surface area contributed by atoms with Gasteiger partial charge in [-0.05, 0) is 0 Å². The number of fused-ring (bicyclic) bond motifs is 3. The van der Waals surface area contributed by atoms with Gasteiger partial charge < -0.3 is 24.8 Å². The Bertz CT molecular complexity index is 931. The fraction of sp³-hybridized carbons (Fsp3) is 0.261. The Morgan fingerprint density at radius 3 is 2.38 bits per heavy atom. The van der Waals surface area contributed by atoms with Crippen molar-refractivity contribution in [2.24, 2.45) is 0 Å². The minimum absolute atomic E-state index is 0. The molecule has 0 bridgehead atoms.